The molecule has 1 aromatic heterocycles. The van der Waals surface area contributed by atoms with Crippen LogP contribution in [0.2, 0.25) is 0 Å². The molecule has 2 heterocycles. The number of fused-ring (bicyclic) bond motifs is 1. The number of nitrogens with one attached hydrogen (secondary N) is 2. The van der Waals surface area contributed by atoms with Gasteiger partial charge in [-0.05, 0) is 37.5 Å². The monoisotopic (exact) mass is 348 g/mol. The molecule has 3 unspecified atom stereocenters. The first-order valence-corrected chi connectivity index (χ1v) is 9.53. The van der Waals surface area contributed by atoms with Crippen LogP contribution < -0.4 is 10.6 Å². The predicted octanol–water partition coefficient (Wildman–Crippen LogP) is 2.94. The standard InChI is InChI=1S/C19H32N4O2/c1-19(2,3)17-13(7-6-10-25-17)11-20-18(24)22-15-8-5-9-16-14(15)12-21-23(16)4/h12-13,15,17H,5-11H2,1-4H3,(H2,20,22,24). The molecule has 6 nitrogen and oxygen atoms in total. The van der Waals surface area contributed by atoms with Crippen molar-refractivity contribution >= 4 is 6.03 Å². The summed E-state index contributed by atoms with van der Waals surface area (Å²) in [5.41, 5.74) is 2.50. The van der Waals surface area contributed by atoms with Gasteiger partial charge in [-0.1, -0.05) is 20.8 Å². The molecule has 2 N–H and O–H groups in total. The zero-order chi connectivity index (χ0) is 18.0. The van der Waals surface area contributed by atoms with Crippen molar-refractivity contribution in [1.82, 2.24) is 20.4 Å². The van der Waals surface area contributed by atoms with Gasteiger partial charge in [-0.25, -0.2) is 4.79 Å². The zero-order valence-electron chi connectivity index (χ0n) is 16.0. The molecular formula is C19H32N4O2. The highest BCUT2D eigenvalue weighted by atomic mass is 16.5. The fourth-order valence-corrected chi connectivity index (χ4v) is 4.30. The van der Waals surface area contributed by atoms with Crippen LogP contribution in [0.25, 0.3) is 0 Å². The third-order valence-corrected chi connectivity index (χ3v) is 5.50. The fraction of sp³-hybridized carbons (Fsp3) is 0.789. The Kier molecular flexibility index (Phi) is 5.37. The highest BCUT2D eigenvalue weighted by Crippen LogP contribution is 2.34. The highest BCUT2D eigenvalue weighted by Gasteiger charge is 2.35. The maximum absolute atomic E-state index is 12.4. The predicted molar refractivity (Wildman–Crippen MR) is 97.3 cm³/mol. The zero-order valence-corrected chi connectivity index (χ0v) is 16.0. The molecule has 1 aliphatic carbocycles. The van der Waals surface area contributed by atoms with E-state index in [-0.39, 0.29) is 23.6 Å². The van der Waals surface area contributed by atoms with Gasteiger partial charge in [-0.2, -0.15) is 5.10 Å². The highest BCUT2D eigenvalue weighted by molar-refractivity contribution is 5.74. The van der Waals surface area contributed by atoms with Crippen molar-refractivity contribution in [2.75, 3.05) is 13.2 Å². The molecule has 3 atom stereocenters. The molecule has 1 aromatic rings. The molecule has 0 bridgehead atoms. The lowest BCUT2D eigenvalue weighted by Crippen LogP contribution is -2.47. The molecule has 25 heavy (non-hydrogen) atoms. The first-order chi connectivity index (χ1) is 11.9. The van der Waals surface area contributed by atoms with E-state index in [1.54, 1.807) is 0 Å². The van der Waals surface area contributed by atoms with Gasteiger partial charge < -0.3 is 15.4 Å². The van der Waals surface area contributed by atoms with E-state index in [0.29, 0.717) is 12.5 Å². The Balaban J connectivity index is 1.55. The number of carbonyl (C=O) groups is 1. The van der Waals surface area contributed by atoms with Crippen molar-refractivity contribution in [2.45, 2.75) is 65.0 Å². The van der Waals surface area contributed by atoms with E-state index in [2.05, 4.69) is 36.5 Å². The lowest BCUT2D eigenvalue weighted by molar-refractivity contribution is -0.0838. The first-order valence-electron chi connectivity index (χ1n) is 9.53. The van der Waals surface area contributed by atoms with Crippen molar-refractivity contribution in [2.24, 2.45) is 18.4 Å². The molecule has 0 spiro atoms. The van der Waals surface area contributed by atoms with Crippen LogP contribution in [0.15, 0.2) is 6.20 Å². The Morgan fingerprint density at radius 2 is 2.16 bits per heavy atom. The van der Waals surface area contributed by atoms with Gasteiger partial charge in [0, 0.05) is 37.4 Å². The van der Waals surface area contributed by atoms with Crippen molar-refractivity contribution < 1.29 is 9.53 Å². The van der Waals surface area contributed by atoms with E-state index >= 15 is 0 Å². The van der Waals surface area contributed by atoms with E-state index in [1.165, 1.54) is 5.69 Å². The van der Waals surface area contributed by atoms with Crippen LogP contribution in [-0.2, 0) is 18.2 Å². The fourth-order valence-electron chi connectivity index (χ4n) is 4.30. The number of hydrogen-bond donors (Lipinski definition) is 2. The minimum Gasteiger partial charge on any atom is -0.377 e. The molecule has 3 rings (SSSR count). The summed E-state index contributed by atoms with van der Waals surface area (Å²) in [4.78, 5) is 12.4. The maximum atomic E-state index is 12.4. The molecule has 2 amide bonds. The molecule has 1 saturated heterocycles. The second-order valence-corrected chi connectivity index (χ2v) is 8.53. The van der Waals surface area contributed by atoms with E-state index in [4.69, 9.17) is 4.74 Å². The molecule has 0 radical (unpaired) electrons. The first kappa shape index (κ1) is 18.2. The summed E-state index contributed by atoms with van der Waals surface area (Å²) in [5, 5.41) is 10.6. The van der Waals surface area contributed by atoms with Gasteiger partial charge in [0.1, 0.15) is 0 Å². The molecule has 6 heteroatoms. The van der Waals surface area contributed by atoms with E-state index in [1.807, 2.05) is 17.9 Å². The summed E-state index contributed by atoms with van der Waals surface area (Å²) in [6.07, 6.45) is 7.37. The van der Waals surface area contributed by atoms with Crippen LogP contribution in [0.4, 0.5) is 4.79 Å². The number of aryl methyl sites for hydroxylation is 1. The van der Waals surface area contributed by atoms with Crippen LogP contribution in [0.5, 0.6) is 0 Å². The minimum absolute atomic E-state index is 0.0680. The van der Waals surface area contributed by atoms with Crippen LogP contribution in [0.1, 0.15) is 63.8 Å². The Labute approximate surface area is 150 Å². The normalized spacial score (nSPS) is 26.8. The average molecular weight is 348 g/mol. The van der Waals surface area contributed by atoms with Gasteiger partial charge >= 0.3 is 6.03 Å². The molecule has 1 aliphatic heterocycles. The second-order valence-electron chi connectivity index (χ2n) is 8.53. The van der Waals surface area contributed by atoms with Crippen LogP contribution in [-0.4, -0.2) is 35.1 Å². The summed E-state index contributed by atoms with van der Waals surface area (Å²) in [7, 11) is 1.97. The number of ether oxygens (including phenoxy) is 1. The number of nitrogens with zero attached hydrogens (tertiary/aromatic N) is 2. The van der Waals surface area contributed by atoms with Crippen molar-refractivity contribution in [3.8, 4) is 0 Å². The lowest BCUT2D eigenvalue weighted by Gasteiger charge is -2.40. The Bertz CT molecular complexity index is 605. The number of rotatable bonds is 3. The van der Waals surface area contributed by atoms with Crippen LogP contribution in [0.3, 0.4) is 0 Å². The Morgan fingerprint density at radius 3 is 2.92 bits per heavy atom. The third-order valence-electron chi connectivity index (χ3n) is 5.50. The lowest BCUT2D eigenvalue weighted by atomic mass is 9.78. The van der Waals surface area contributed by atoms with Gasteiger partial charge in [0.2, 0.25) is 0 Å². The molecular weight excluding hydrogens is 316 g/mol. The number of aromatic nitrogens is 2. The summed E-state index contributed by atoms with van der Waals surface area (Å²) < 4.78 is 7.93. The van der Waals surface area contributed by atoms with Gasteiger partial charge in [0.05, 0.1) is 18.3 Å². The SMILES string of the molecule is Cn1ncc2c1CCCC2NC(=O)NCC1CCCOC1C(C)(C)C. The largest absolute Gasteiger partial charge is 0.377 e. The molecule has 2 aliphatic rings. The quantitative estimate of drug-likeness (QED) is 0.882. The molecule has 0 saturated carbocycles. The van der Waals surface area contributed by atoms with E-state index in [9.17, 15) is 4.79 Å². The maximum Gasteiger partial charge on any atom is 0.315 e. The Hall–Kier alpha value is -1.56. The van der Waals surface area contributed by atoms with Crippen LogP contribution >= 0.6 is 0 Å². The average Bonchev–Trinajstić information content (AvgIpc) is 2.95. The second kappa shape index (κ2) is 7.36. The Morgan fingerprint density at radius 1 is 1.36 bits per heavy atom. The number of urea groups is 1. The van der Waals surface area contributed by atoms with E-state index in [0.717, 1.165) is 44.3 Å². The number of hydrogen-bond acceptors (Lipinski definition) is 3. The van der Waals surface area contributed by atoms with Crippen LogP contribution in [0, 0.1) is 11.3 Å². The van der Waals surface area contributed by atoms with E-state index < -0.39 is 0 Å². The minimum atomic E-state index is -0.0834. The van der Waals surface area contributed by atoms with Gasteiger partial charge in [-0.3, -0.25) is 4.68 Å². The molecule has 140 valence electrons. The summed E-state index contributed by atoms with van der Waals surface area (Å²) >= 11 is 0. The summed E-state index contributed by atoms with van der Waals surface area (Å²) in [6.45, 7) is 8.13. The number of amides is 2. The van der Waals surface area contributed by atoms with Gasteiger partial charge in [-0.15, -0.1) is 0 Å². The van der Waals surface area contributed by atoms with Crippen molar-refractivity contribution in [3.63, 3.8) is 0 Å². The molecule has 0 aromatic carbocycles. The third kappa shape index (κ3) is 4.17. The van der Waals surface area contributed by atoms with Crippen molar-refractivity contribution in [1.29, 1.82) is 0 Å². The summed E-state index contributed by atoms with van der Waals surface area (Å²) in [5.74, 6) is 0.375. The van der Waals surface area contributed by atoms with Gasteiger partial charge in [0.25, 0.3) is 0 Å². The topological polar surface area (TPSA) is 68.2 Å². The summed E-state index contributed by atoms with van der Waals surface area (Å²) in [6, 6.07) is -0.0154. The van der Waals surface area contributed by atoms with Gasteiger partial charge in [0.15, 0.2) is 0 Å². The smallest absolute Gasteiger partial charge is 0.315 e. The van der Waals surface area contributed by atoms with Crippen molar-refractivity contribution in [3.05, 3.63) is 17.5 Å². The number of carbonyl (C=O) groups excluding carboxylic acids is 1. The molecule has 1 fully saturated rings.